The number of fused-ring (bicyclic) bond motifs is 1. The Balaban J connectivity index is 1.71. The fourth-order valence-corrected chi connectivity index (χ4v) is 2.50. The van der Waals surface area contributed by atoms with Gasteiger partial charge in [-0.05, 0) is 42.8 Å². The smallest absolute Gasteiger partial charge is 0.251 e. The molecule has 0 fully saturated rings. The molecular weight excluding hydrogens is 304 g/mol. The van der Waals surface area contributed by atoms with E-state index in [0.717, 1.165) is 17.0 Å². The SMILES string of the molecule is Cc1ccn2c(CNc3cccc(C(=O)NCCO)c3)cnc2c1. The highest BCUT2D eigenvalue weighted by atomic mass is 16.3. The van der Waals surface area contributed by atoms with E-state index >= 15 is 0 Å². The molecule has 0 radical (unpaired) electrons. The average Bonchev–Trinajstić information content (AvgIpc) is 3.00. The van der Waals surface area contributed by atoms with Crippen molar-refractivity contribution in [1.29, 1.82) is 0 Å². The Kier molecular flexibility index (Phi) is 4.77. The van der Waals surface area contributed by atoms with Crippen molar-refractivity contribution >= 4 is 17.2 Å². The molecular formula is C18H20N4O2. The van der Waals surface area contributed by atoms with E-state index in [4.69, 9.17) is 5.11 Å². The second kappa shape index (κ2) is 7.14. The van der Waals surface area contributed by atoms with Gasteiger partial charge in [0, 0.05) is 24.0 Å². The molecule has 1 aromatic carbocycles. The van der Waals surface area contributed by atoms with Crippen molar-refractivity contribution in [3.8, 4) is 0 Å². The van der Waals surface area contributed by atoms with Crippen molar-refractivity contribution in [2.24, 2.45) is 0 Å². The zero-order valence-corrected chi connectivity index (χ0v) is 13.5. The van der Waals surface area contributed by atoms with Crippen LogP contribution in [0.25, 0.3) is 5.65 Å². The summed E-state index contributed by atoms with van der Waals surface area (Å²) < 4.78 is 2.04. The first-order valence-electron chi connectivity index (χ1n) is 7.83. The number of pyridine rings is 1. The van der Waals surface area contributed by atoms with Crippen LogP contribution in [0.15, 0.2) is 48.8 Å². The largest absolute Gasteiger partial charge is 0.395 e. The lowest BCUT2D eigenvalue weighted by Crippen LogP contribution is -2.26. The third-order valence-corrected chi connectivity index (χ3v) is 3.74. The van der Waals surface area contributed by atoms with Crippen molar-refractivity contribution in [1.82, 2.24) is 14.7 Å². The van der Waals surface area contributed by atoms with Gasteiger partial charge in [-0.2, -0.15) is 0 Å². The summed E-state index contributed by atoms with van der Waals surface area (Å²) in [6.45, 7) is 2.82. The molecule has 6 nitrogen and oxygen atoms in total. The van der Waals surface area contributed by atoms with Gasteiger partial charge in [0.15, 0.2) is 0 Å². The normalized spacial score (nSPS) is 10.8. The number of imidazole rings is 1. The molecule has 0 aliphatic heterocycles. The summed E-state index contributed by atoms with van der Waals surface area (Å²) in [6.07, 6.45) is 3.85. The van der Waals surface area contributed by atoms with Crippen LogP contribution in [0.2, 0.25) is 0 Å². The molecule has 0 aliphatic rings. The van der Waals surface area contributed by atoms with Crippen molar-refractivity contribution in [2.45, 2.75) is 13.5 Å². The number of anilines is 1. The Hall–Kier alpha value is -2.86. The zero-order chi connectivity index (χ0) is 16.9. The monoisotopic (exact) mass is 324 g/mol. The van der Waals surface area contributed by atoms with Gasteiger partial charge in [0.1, 0.15) is 5.65 Å². The fourth-order valence-electron chi connectivity index (χ4n) is 2.50. The number of carbonyl (C=O) groups excluding carboxylic acids is 1. The number of hydrogen-bond acceptors (Lipinski definition) is 4. The summed E-state index contributed by atoms with van der Waals surface area (Å²) in [5.41, 5.74) is 4.55. The summed E-state index contributed by atoms with van der Waals surface area (Å²) >= 11 is 0. The number of amides is 1. The van der Waals surface area contributed by atoms with Gasteiger partial charge >= 0.3 is 0 Å². The van der Waals surface area contributed by atoms with Gasteiger partial charge in [0.25, 0.3) is 5.91 Å². The van der Waals surface area contributed by atoms with Crippen LogP contribution in [0, 0.1) is 6.92 Å². The number of nitrogens with one attached hydrogen (secondary N) is 2. The third-order valence-electron chi connectivity index (χ3n) is 3.74. The number of nitrogens with zero attached hydrogens (tertiary/aromatic N) is 2. The summed E-state index contributed by atoms with van der Waals surface area (Å²) in [5, 5.41) is 14.7. The van der Waals surface area contributed by atoms with Crippen LogP contribution in [0.1, 0.15) is 21.6 Å². The molecule has 2 heterocycles. The number of aliphatic hydroxyl groups is 1. The van der Waals surface area contributed by atoms with E-state index in [2.05, 4.69) is 15.6 Å². The van der Waals surface area contributed by atoms with Crippen LogP contribution < -0.4 is 10.6 Å². The van der Waals surface area contributed by atoms with Gasteiger partial charge in [-0.1, -0.05) is 6.07 Å². The second-order valence-corrected chi connectivity index (χ2v) is 5.60. The molecule has 3 rings (SSSR count). The minimum atomic E-state index is -0.196. The predicted molar refractivity (Wildman–Crippen MR) is 93.1 cm³/mol. The molecule has 24 heavy (non-hydrogen) atoms. The molecule has 2 aromatic heterocycles. The van der Waals surface area contributed by atoms with Crippen molar-refractivity contribution in [3.63, 3.8) is 0 Å². The van der Waals surface area contributed by atoms with Crippen molar-refractivity contribution < 1.29 is 9.90 Å². The van der Waals surface area contributed by atoms with Crippen molar-refractivity contribution in [2.75, 3.05) is 18.5 Å². The van der Waals surface area contributed by atoms with Crippen LogP contribution >= 0.6 is 0 Å². The minimum Gasteiger partial charge on any atom is -0.395 e. The molecule has 0 saturated heterocycles. The maximum atomic E-state index is 11.9. The number of benzene rings is 1. The van der Waals surface area contributed by atoms with E-state index in [9.17, 15) is 4.79 Å². The lowest BCUT2D eigenvalue weighted by Gasteiger charge is -2.09. The standard InChI is InChI=1S/C18H20N4O2/c1-13-5-7-22-16(12-21-17(22)9-13)11-20-15-4-2-3-14(10-15)18(24)19-6-8-23/h2-5,7,9-10,12,20,23H,6,8,11H2,1H3,(H,19,24). The predicted octanol–water partition coefficient (Wildman–Crippen LogP) is 1.98. The van der Waals surface area contributed by atoms with Gasteiger partial charge in [-0.15, -0.1) is 0 Å². The average molecular weight is 324 g/mol. The molecule has 124 valence electrons. The van der Waals surface area contributed by atoms with Crippen LogP contribution in [0.4, 0.5) is 5.69 Å². The first-order valence-corrected chi connectivity index (χ1v) is 7.83. The highest BCUT2D eigenvalue weighted by Crippen LogP contribution is 2.14. The minimum absolute atomic E-state index is 0.0720. The van der Waals surface area contributed by atoms with Crippen LogP contribution in [0.3, 0.4) is 0 Å². The van der Waals surface area contributed by atoms with Gasteiger partial charge in [-0.25, -0.2) is 4.98 Å². The number of aliphatic hydroxyl groups excluding tert-OH is 1. The maximum absolute atomic E-state index is 11.9. The van der Waals surface area contributed by atoms with Gasteiger partial charge in [0.05, 0.1) is 25.0 Å². The van der Waals surface area contributed by atoms with E-state index in [1.807, 2.05) is 48.0 Å². The van der Waals surface area contributed by atoms with Crippen LogP contribution in [-0.2, 0) is 6.54 Å². The summed E-state index contributed by atoms with van der Waals surface area (Å²) in [4.78, 5) is 16.3. The van der Waals surface area contributed by atoms with E-state index in [1.165, 1.54) is 5.56 Å². The first kappa shape index (κ1) is 16.0. The first-order chi connectivity index (χ1) is 11.7. The molecule has 1 amide bonds. The molecule has 0 saturated carbocycles. The molecule has 0 bridgehead atoms. The van der Waals surface area contributed by atoms with E-state index in [1.54, 1.807) is 12.1 Å². The fraction of sp³-hybridized carbons (Fsp3) is 0.222. The van der Waals surface area contributed by atoms with Gasteiger partial charge in [-0.3, -0.25) is 4.79 Å². The Morgan fingerprint density at radius 1 is 1.29 bits per heavy atom. The summed E-state index contributed by atoms with van der Waals surface area (Å²) in [5.74, 6) is -0.196. The van der Waals surface area contributed by atoms with E-state index in [-0.39, 0.29) is 19.1 Å². The summed E-state index contributed by atoms with van der Waals surface area (Å²) in [6, 6.07) is 11.4. The quantitative estimate of drug-likeness (QED) is 0.648. The Morgan fingerprint density at radius 3 is 3.00 bits per heavy atom. The molecule has 3 aromatic rings. The van der Waals surface area contributed by atoms with Gasteiger partial charge in [0.2, 0.25) is 0 Å². The number of aromatic nitrogens is 2. The number of rotatable bonds is 6. The molecule has 0 unspecified atom stereocenters. The van der Waals surface area contributed by atoms with Crippen LogP contribution in [0.5, 0.6) is 0 Å². The Labute approximate surface area is 140 Å². The molecule has 3 N–H and O–H groups in total. The highest BCUT2D eigenvalue weighted by Gasteiger charge is 2.06. The lowest BCUT2D eigenvalue weighted by molar-refractivity contribution is 0.0945. The van der Waals surface area contributed by atoms with Gasteiger partial charge < -0.3 is 20.1 Å². The lowest BCUT2D eigenvalue weighted by atomic mass is 10.2. The van der Waals surface area contributed by atoms with Crippen LogP contribution in [-0.4, -0.2) is 33.6 Å². The summed E-state index contributed by atoms with van der Waals surface area (Å²) in [7, 11) is 0. The second-order valence-electron chi connectivity index (χ2n) is 5.60. The topological polar surface area (TPSA) is 78.7 Å². The number of aryl methyl sites for hydroxylation is 1. The number of carbonyl (C=O) groups is 1. The van der Waals surface area contributed by atoms with E-state index < -0.39 is 0 Å². The Bertz CT molecular complexity index is 857. The number of hydrogen-bond donors (Lipinski definition) is 3. The Morgan fingerprint density at radius 2 is 2.17 bits per heavy atom. The highest BCUT2D eigenvalue weighted by molar-refractivity contribution is 5.95. The molecule has 0 spiro atoms. The maximum Gasteiger partial charge on any atom is 0.251 e. The van der Waals surface area contributed by atoms with E-state index in [0.29, 0.717) is 12.1 Å². The molecule has 0 aliphatic carbocycles. The molecule has 0 atom stereocenters. The zero-order valence-electron chi connectivity index (χ0n) is 13.5. The third kappa shape index (κ3) is 3.55. The molecule has 6 heteroatoms. The van der Waals surface area contributed by atoms with Crippen molar-refractivity contribution in [3.05, 3.63) is 65.6 Å².